The molecular formula is C3H8FNO. The van der Waals surface area contributed by atoms with Crippen molar-refractivity contribution < 1.29 is 9.50 Å². The molecule has 0 saturated heterocycles. The van der Waals surface area contributed by atoms with E-state index >= 15 is 0 Å². The predicted octanol–water partition coefficient (Wildman–Crippen LogP) is -0.725. The van der Waals surface area contributed by atoms with Crippen LogP contribution in [0.2, 0.25) is 0 Å². The van der Waals surface area contributed by atoms with Crippen LogP contribution in [0.25, 0.3) is 0 Å². The van der Waals surface area contributed by atoms with Gasteiger partial charge in [0.25, 0.3) is 0 Å². The van der Waals surface area contributed by atoms with E-state index in [2.05, 4.69) is 0 Å². The first-order valence-electron chi connectivity index (χ1n) is 1.73. The lowest BCUT2D eigenvalue weighted by molar-refractivity contribution is 0.242. The summed E-state index contributed by atoms with van der Waals surface area (Å²) < 4.78 is 11.1. The van der Waals surface area contributed by atoms with Crippen molar-refractivity contribution in [1.82, 2.24) is 0 Å². The zero-order chi connectivity index (χ0) is 4.99. The maximum absolute atomic E-state index is 11.1. The summed E-state index contributed by atoms with van der Waals surface area (Å²) >= 11 is 0. The molecule has 0 radical (unpaired) electrons. The van der Waals surface area contributed by atoms with E-state index < -0.39 is 12.7 Å². The summed E-state index contributed by atoms with van der Waals surface area (Å²) in [4.78, 5) is 0. The third kappa shape index (κ3) is 2.11. The fourth-order valence-corrected chi connectivity index (χ4v) is 0.0488. The van der Waals surface area contributed by atoms with Crippen LogP contribution in [0, 0.1) is 0 Å². The van der Waals surface area contributed by atoms with Gasteiger partial charge < -0.3 is 10.8 Å². The number of hydrogen-bond donors (Lipinski definition) is 2. The van der Waals surface area contributed by atoms with Crippen molar-refractivity contribution in [2.45, 2.75) is 6.04 Å². The lowest BCUT2D eigenvalue weighted by Gasteiger charge is -1.96. The van der Waals surface area contributed by atoms with Crippen molar-refractivity contribution in [1.29, 1.82) is 0 Å². The van der Waals surface area contributed by atoms with Gasteiger partial charge in [0.1, 0.15) is 6.67 Å². The molecule has 38 valence electrons. The second kappa shape index (κ2) is 3.06. The summed E-state index contributed by atoms with van der Waals surface area (Å²) in [6.07, 6.45) is 0. The van der Waals surface area contributed by atoms with E-state index in [1.807, 2.05) is 0 Å². The Morgan fingerprint density at radius 3 is 2.33 bits per heavy atom. The normalized spacial score (nSPS) is 14.5. The Kier molecular flexibility index (Phi) is 2.98. The van der Waals surface area contributed by atoms with Crippen molar-refractivity contribution in [3.05, 3.63) is 0 Å². The van der Waals surface area contributed by atoms with Gasteiger partial charge in [-0.15, -0.1) is 0 Å². The molecule has 2 nitrogen and oxygen atoms in total. The van der Waals surface area contributed by atoms with E-state index in [0.717, 1.165) is 0 Å². The highest BCUT2D eigenvalue weighted by molar-refractivity contribution is 4.52. The number of alkyl halides is 1. The topological polar surface area (TPSA) is 46.2 Å². The molecule has 1 atom stereocenters. The van der Waals surface area contributed by atoms with E-state index in [-0.39, 0.29) is 6.61 Å². The highest BCUT2D eigenvalue weighted by Crippen LogP contribution is 1.73. The number of rotatable bonds is 2. The fraction of sp³-hybridized carbons (Fsp3) is 1.00. The maximum Gasteiger partial charge on any atom is 0.107 e. The highest BCUT2D eigenvalue weighted by atomic mass is 19.1. The first kappa shape index (κ1) is 5.85. The zero-order valence-corrected chi connectivity index (χ0v) is 3.39. The van der Waals surface area contributed by atoms with Crippen LogP contribution in [0.1, 0.15) is 0 Å². The van der Waals surface area contributed by atoms with Crippen LogP contribution in [-0.4, -0.2) is 24.4 Å². The summed E-state index contributed by atoms with van der Waals surface area (Å²) in [5.74, 6) is 0. The molecule has 6 heavy (non-hydrogen) atoms. The fourth-order valence-electron chi connectivity index (χ4n) is 0.0488. The summed E-state index contributed by atoms with van der Waals surface area (Å²) in [6.45, 7) is -0.910. The van der Waals surface area contributed by atoms with Crippen molar-refractivity contribution in [3.63, 3.8) is 0 Å². The zero-order valence-electron chi connectivity index (χ0n) is 3.39. The minimum absolute atomic E-state index is 0.267. The van der Waals surface area contributed by atoms with Gasteiger partial charge in [-0.2, -0.15) is 0 Å². The average molecular weight is 93.1 g/mol. The molecule has 0 aromatic rings. The van der Waals surface area contributed by atoms with E-state index in [1.165, 1.54) is 0 Å². The van der Waals surface area contributed by atoms with Crippen LogP contribution in [0.4, 0.5) is 4.39 Å². The Labute approximate surface area is 35.8 Å². The molecule has 0 saturated carbocycles. The summed E-state index contributed by atoms with van der Waals surface area (Å²) in [7, 11) is 0. The molecule has 0 aromatic heterocycles. The minimum Gasteiger partial charge on any atom is -0.395 e. The molecule has 0 aliphatic rings. The monoisotopic (exact) mass is 93.1 g/mol. The van der Waals surface area contributed by atoms with Crippen molar-refractivity contribution in [3.8, 4) is 0 Å². The molecule has 0 aromatic carbocycles. The van der Waals surface area contributed by atoms with E-state index in [1.54, 1.807) is 0 Å². The highest BCUT2D eigenvalue weighted by Gasteiger charge is 1.93. The van der Waals surface area contributed by atoms with Gasteiger partial charge in [0.05, 0.1) is 12.6 Å². The SMILES string of the molecule is NC(CO)CF. The predicted molar refractivity (Wildman–Crippen MR) is 21.0 cm³/mol. The Hall–Kier alpha value is -0.150. The number of halogens is 1. The quantitative estimate of drug-likeness (QED) is 0.473. The smallest absolute Gasteiger partial charge is 0.107 e. The third-order valence-corrected chi connectivity index (χ3v) is 0.433. The first-order valence-corrected chi connectivity index (χ1v) is 1.73. The number of nitrogens with two attached hydrogens (primary N) is 1. The van der Waals surface area contributed by atoms with Crippen LogP contribution in [-0.2, 0) is 0 Å². The molecule has 0 heterocycles. The molecule has 3 heteroatoms. The molecule has 0 fully saturated rings. The molecule has 0 amide bonds. The summed E-state index contributed by atoms with van der Waals surface area (Å²) in [5, 5.41) is 7.97. The van der Waals surface area contributed by atoms with Gasteiger partial charge in [0, 0.05) is 0 Å². The van der Waals surface area contributed by atoms with Gasteiger partial charge in [0.2, 0.25) is 0 Å². The van der Waals surface area contributed by atoms with Crippen LogP contribution < -0.4 is 5.73 Å². The number of aliphatic hydroxyl groups is 1. The van der Waals surface area contributed by atoms with Crippen LogP contribution >= 0.6 is 0 Å². The van der Waals surface area contributed by atoms with E-state index in [4.69, 9.17) is 10.8 Å². The van der Waals surface area contributed by atoms with Crippen LogP contribution in [0.15, 0.2) is 0 Å². The number of aliphatic hydroxyl groups excluding tert-OH is 1. The van der Waals surface area contributed by atoms with Gasteiger partial charge in [-0.1, -0.05) is 0 Å². The van der Waals surface area contributed by atoms with Crippen LogP contribution in [0.5, 0.6) is 0 Å². The standard InChI is InChI=1S/C3H8FNO/c4-1-3(5)2-6/h3,6H,1-2,5H2. The Balaban J connectivity index is 2.75. The molecule has 0 aliphatic carbocycles. The van der Waals surface area contributed by atoms with Crippen LogP contribution in [0.3, 0.4) is 0 Å². The molecule has 0 rings (SSSR count). The molecular weight excluding hydrogens is 85.0 g/mol. The second-order valence-corrected chi connectivity index (χ2v) is 1.10. The van der Waals surface area contributed by atoms with Crippen molar-refractivity contribution in [2.24, 2.45) is 5.73 Å². The second-order valence-electron chi connectivity index (χ2n) is 1.10. The van der Waals surface area contributed by atoms with Gasteiger partial charge in [-0.25, -0.2) is 4.39 Å². The van der Waals surface area contributed by atoms with Gasteiger partial charge in [-0.05, 0) is 0 Å². The largest absolute Gasteiger partial charge is 0.395 e. The molecule has 0 spiro atoms. The number of hydrogen-bond acceptors (Lipinski definition) is 2. The third-order valence-electron chi connectivity index (χ3n) is 0.433. The first-order chi connectivity index (χ1) is 2.81. The van der Waals surface area contributed by atoms with E-state index in [0.29, 0.717) is 0 Å². The minimum atomic E-state index is -0.676. The maximum atomic E-state index is 11.1. The lowest BCUT2D eigenvalue weighted by atomic mass is 10.4. The molecule has 3 N–H and O–H groups in total. The lowest BCUT2D eigenvalue weighted by Crippen LogP contribution is -2.26. The Bertz CT molecular complexity index is 30.0. The van der Waals surface area contributed by atoms with E-state index in [9.17, 15) is 4.39 Å². The molecule has 1 unspecified atom stereocenters. The molecule has 0 aliphatic heterocycles. The van der Waals surface area contributed by atoms with Gasteiger partial charge >= 0.3 is 0 Å². The summed E-state index contributed by atoms with van der Waals surface area (Å²) in [6, 6.07) is -0.676. The van der Waals surface area contributed by atoms with Crippen molar-refractivity contribution in [2.75, 3.05) is 13.3 Å². The summed E-state index contributed by atoms with van der Waals surface area (Å²) in [5.41, 5.74) is 4.85. The van der Waals surface area contributed by atoms with Gasteiger partial charge in [0.15, 0.2) is 0 Å². The Morgan fingerprint density at radius 1 is 1.83 bits per heavy atom. The average Bonchev–Trinajstić information content (AvgIpc) is 1.65. The van der Waals surface area contributed by atoms with Crippen molar-refractivity contribution >= 4 is 0 Å². The Morgan fingerprint density at radius 2 is 2.33 bits per heavy atom. The van der Waals surface area contributed by atoms with Gasteiger partial charge in [-0.3, -0.25) is 0 Å². The molecule has 0 bridgehead atoms.